The molecule has 5 unspecified atom stereocenters. The zero-order chi connectivity index (χ0) is 30.8. The fourth-order valence-corrected chi connectivity index (χ4v) is 5.53. The molecule has 0 aromatic rings. The van der Waals surface area contributed by atoms with E-state index in [0.29, 0.717) is 29.4 Å². The van der Waals surface area contributed by atoms with Gasteiger partial charge in [0.25, 0.3) is 0 Å². The van der Waals surface area contributed by atoms with Crippen molar-refractivity contribution < 1.29 is 92.7 Å². The van der Waals surface area contributed by atoms with Gasteiger partial charge in [-0.2, -0.15) is 0 Å². The Morgan fingerprint density at radius 3 is 1.45 bits per heavy atom. The summed E-state index contributed by atoms with van der Waals surface area (Å²) in [6, 6.07) is 0. The summed E-state index contributed by atoms with van der Waals surface area (Å²) in [6.07, 6.45) is 3.47. The molecule has 53 heavy (non-hydrogen) atoms. The van der Waals surface area contributed by atoms with Crippen LogP contribution in [-0.4, -0.2) is 92.8 Å². The number of quaternary nitrogens is 2. The predicted molar refractivity (Wildman–Crippen MR) is 225 cm³/mol. The number of rotatable bonds is 15. The Morgan fingerprint density at radius 1 is 0.792 bits per heavy atom. The number of amides is 2. The summed E-state index contributed by atoms with van der Waals surface area (Å²) in [5.41, 5.74) is 4.40. The predicted octanol–water partition coefficient (Wildman–Crippen LogP) is -0.321. The summed E-state index contributed by atoms with van der Waals surface area (Å²) < 4.78 is 1.62. The summed E-state index contributed by atoms with van der Waals surface area (Å²) in [4.78, 5) is 46.1. The number of aliphatic carboxylic acids is 2. The molecule has 332 valence electrons. The number of hydrogen-bond acceptors (Lipinski definition) is 5. The number of nitrogens with one attached hydrogen (secondary N) is 1. The number of carboxylic acids is 2. The molecule has 0 aromatic heterocycles. The summed E-state index contributed by atoms with van der Waals surface area (Å²) >= 11 is 0. The van der Waals surface area contributed by atoms with E-state index in [1.54, 1.807) is 20.8 Å². The van der Waals surface area contributed by atoms with Gasteiger partial charge in [0.2, 0.25) is 11.8 Å². The topological polar surface area (TPSA) is 150 Å². The molecular formula is C40H101Cl2N4NaO6. The van der Waals surface area contributed by atoms with Gasteiger partial charge in [0.1, 0.15) is 0 Å². The molecule has 1 saturated heterocycles. The monoisotopic (exact) mass is 827 g/mol. The van der Waals surface area contributed by atoms with E-state index in [2.05, 4.69) is 26.3 Å². The molecule has 1 aliphatic rings. The van der Waals surface area contributed by atoms with Gasteiger partial charge >= 0.3 is 35.5 Å². The first-order chi connectivity index (χ1) is 17.7. The zero-order valence-corrected chi connectivity index (χ0v) is 31.5. The molecule has 1 heterocycles. The van der Waals surface area contributed by atoms with Crippen molar-refractivity contribution >= 4 is 23.8 Å². The van der Waals surface area contributed by atoms with E-state index in [0.717, 1.165) is 23.9 Å². The van der Waals surface area contributed by atoms with Gasteiger partial charge in [-0.1, -0.05) is 116 Å². The Labute approximate surface area is 370 Å². The first kappa shape index (κ1) is 99.0. The van der Waals surface area contributed by atoms with E-state index in [1.807, 2.05) is 28.1 Å². The molecule has 10 nitrogen and oxygen atoms in total. The molecule has 5 atom stereocenters. The minimum atomic E-state index is -1.25. The van der Waals surface area contributed by atoms with Crippen LogP contribution in [0.4, 0.5) is 0 Å². The molecule has 0 bridgehead atoms. The Hall–Kier alpha value is -0.620. The van der Waals surface area contributed by atoms with E-state index >= 15 is 0 Å². The van der Waals surface area contributed by atoms with Crippen LogP contribution >= 0.6 is 0 Å². The van der Waals surface area contributed by atoms with Crippen molar-refractivity contribution in [3.05, 3.63) is 0 Å². The van der Waals surface area contributed by atoms with Crippen LogP contribution in [0.5, 0.6) is 0 Å². The van der Waals surface area contributed by atoms with Crippen molar-refractivity contribution in [1.29, 1.82) is 0 Å². The third kappa shape index (κ3) is 39.4. The van der Waals surface area contributed by atoms with Crippen molar-refractivity contribution in [3.63, 3.8) is 0 Å². The van der Waals surface area contributed by atoms with Crippen LogP contribution < -0.4 is 70.5 Å². The average molecular weight is 828 g/mol. The standard InChI is InChI=1S/C16H31N3O4.C13H25NO2.11CH4.2ClH.Na/c1-7-11(13(17)20)8-12(14(21)22)9-16(2,3)15(23)18-10-19(4,5)6;1-5-10(13(15)16)7-12-9-14(3,4)8-11(12)6-2;;;;;;;;;;;;;;/h11-12H,7-10H2,1-6H3,(H3-,17,18,20,21,22,23);10-12H,5-9H2,1-4H3;11*1H4;2*1H;/q;;;;;;;;;;;;;;;+1/p-1. The van der Waals surface area contributed by atoms with Gasteiger partial charge in [0.05, 0.1) is 54.2 Å². The van der Waals surface area contributed by atoms with Crippen LogP contribution in [0.1, 0.15) is 155 Å². The number of halogens is 2. The smallest absolute Gasteiger partial charge is 1.00 e. The van der Waals surface area contributed by atoms with Crippen LogP contribution in [0.2, 0.25) is 0 Å². The maximum atomic E-state index is 12.3. The zero-order valence-electron chi connectivity index (χ0n) is 28.0. The number of nitrogens with two attached hydrogens (primary N) is 1. The third-order valence-corrected chi connectivity index (χ3v) is 7.96. The fraction of sp³-hybridized carbons (Fsp3) is 0.900. The van der Waals surface area contributed by atoms with Crippen molar-refractivity contribution in [2.75, 3.05) is 55.0 Å². The molecule has 0 spiro atoms. The Kier molecular flexibility index (Phi) is 82.3. The number of carbonyl (C=O) groups is 4. The quantitative estimate of drug-likeness (QED) is 0.117. The van der Waals surface area contributed by atoms with Crippen LogP contribution in [0.15, 0.2) is 0 Å². The Morgan fingerprint density at radius 2 is 1.17 bits per heavy atom. The largest absolute Gasteiger partial charge is 1.00 e. The van der Waals surface area contributed by atoms with E-state index in [-0.39, 0.29) is 161 Å². The maximum Gasteiger partial charge on any atom is 1.00 e. The van der Waals surface area contributed by atoms with E-state index in [9.17, 15) is 24.3 Å². The molecule has 0 aromatic carbocycles. The van der Waals surface area contributed by atoms with Gasteiger partial charge in [-0.05, 0) is 38.5 Å². The number of carboxylic acid groups (broad SMARTS) is 2. The summed E-state index contributed by atoms with van der Waals surface area (Å²) in [5, 5.41) is 23.3. The Bertz CT molecular complexity index is 845. The number of hydrogen-bond donors (Lipinski definition) is 3. The van der Waals surface area contributed by atoms with E-state index in [4.69, 9.17) is 10.8 Å². The fourth-order valence-electron chi connectivity index (χ4n) is 5.53. The van der Waals surface area contributed by atoms with Crippen LogP contribution in [0.25, 0.3) is 0 Å². The van der Waals surface area contributed by atoms with Crippen molar-refractivity contribution in [1.82, 2.24) is 5.32 Å². The van der Waals surface area contributed by atoms with Gasteiger partial charge in [-0.25, -0.2) is 0 Å². The molecule has 1 rings (SSSR count). The second-order valence-electron chi connectivity index (χ2n) is 13.7. The molecule has 0 saturated carbocycles. The number of nitrogens with zero attached hydrogens (tertiary/aromatic N) is 2. The molecule has 2 amide bonds. The maximum absolute atomic E-state index is 12.3. The molecule has 4 N–H and O–H groups in total. The van der Waals surface area contributed by atoms with Crippen molar-refractivity contribution in [2.24, 2.45) is 40.7 Å². The van der Waals surface area contributed by atoms with Crippen LogP contribution in [0, 0.1) is 35.0 Å². The van der Waals surface area contributed by atoms with Gasteiger partial charge in [-0.3, -0.25) is 14.4 Å². The Balaban J connectivity index is -0.0000000341. The molecule has 13 heteroatoms. The van der Waals surface area contributed by atoms with Crippen molar-refractivity contribution in [2.45, 2.75) is 155 Å². The van der Waals surface area contributed by atoms with Gasteiger partial charge in [-0.15, -0.1) is 0 Å². The molecular weight excluding hydrogens is 726 g/mol. The van der Waals surface area contributed by atoms with Crippen LogP contribution in [-0.2, 0) is 19.2 Å². The van der Waals surface area contributed by atoms with E-state index < -0.39 is 35.1 Å². The van der Waals surface area contributed by atoms with Gasteiger partial charge in [0, 0.05) is 35.1 Å². The molecule has 0 aliphatic carbocycles. The first-order valence-electron chi connectivity index (χ1n) is 14.3. The normalized spacial score (nSPS) is 15.6. The summed E-state index contributed by atoms with van der Waals surface area (Å²) in [7, 11) is 10.3. The second-order valence-corrected chi connectivity index (χ2v) is 13.7. The number of likely N-dealkylation sites (tertiary alicyclic amines) is 1. The molecule has 1 aliphatic heterocycles. The minimum Gasteiger partial charge on any atom is -1.00 e. The first-order valence-corrected chi connectivity index (χ1v) is 14.3. The molecule has 0 radical (unpaired) electrons. The molecule has 1 fully saturated rings. The number of primary amides is 1. The van der Waals surface area contributed by atoms with Gasteiger partial charge < -0.3 is 59.8 Å². The SMILES string of the molecule is C.C.C.C.C.C.C.C.C.C.C.CCC(CC(CC(C)(C)C(=O)NC[N+](C)(C)C)C(=O)[O-])C(N)=O.CCC(CC1C[N+](C)(C)CC1CC)C(=O)O.[Cl-].[Cl-].[Na+]. The summed E-state index contributed by atoms with van der Waals surface area (Å²) in [5.74, 6) is -2.86. The number of carbonyl (C=O) groups excluding carboxylic acids is 3. The second kappa shape index (κ2) is 44.1. The van der Waals surface area contributed by atoms with Crippen molar-refractivity contribution in [3.8, 4) is 0 Å². The average Bonchev–Trinajstić information content (AvgIpc) is 3.10. The van der Waals surface area contributed by atoms with Gasteiger partial charge in [0.15, 0.2) is 6.67 Å². The van der Waals surface area contributed by atoms with E-state index in [1.165, 1.54) is 13.0 Å². The summed E-state index contributed by atoms with van der Waals surface area (Å²) in [6.45, 7) is 12.2. The minimum absolute atomic E-state index is 0. The third-order valence-electron chi connectivity index (χ3n) is 7.96. The van der Waals surface area contributed by atoms with Crippen LogP contribution in [0.3, 0.4) is 0 Å².